The zero-order valence-electron chi connectivity index (χ0n) is 10.2. The molecular formula is C11H14N4O2S. The molecule has 0 bridgehead atoms. The van der Waals surface area contributed by atoms with Crippen LogP contribution in [0.2, 0.25) is 0 Å². The normalized spacial score (nSPS) is 12.1. The maximum atomic E-state index is 11.3. The molecule has 18 heavy (non-hydrogen) atoms. The Morgan fingerprint density at radius 1 is 1.67 bits per heavy atom. The van der Waals surface area contributed by atoms with Crippen molar-refractivity contribution in [3.05, 3.63) is 29.5 Å². The minimum atomic E-state index is -0.361. The molecule has 2 aromatic heterocycles. The Hall–Kier alpha value is -1.89. The van der Waals surface area contributed by atoms with Crippen LogP contribution >= 0.6 is 11.3 Å². The fourth-order valence-corrected chi connectivity index (χ4v) is 2.33. The summed E-state index contributed by atoms with van der Waals surface area (Å²) in [6.45, 7) is 2.76. The quantitative estimate of drug-likeness (QED) is 0.833. The minimum absolute atomic E-state index is 0.168. The first-order valence-corrected chi connectivity index (χ1v) is 6.29. The topological polar surface area (TPSA) is 69.0 Å². The highest BCUT2D eigenvalue weighted by molar-refractivity contribution is 7.17. The number of nitrogens with one attached hydrogen (secondary N) is 1. The van der Waals surface area contributed by atoms with Gasteiger partial charge in [-0.15, -0.1) is 0 Å². The average molecular weight is 266 g/mol. The number of nitrogens with zero attached hydrogens (tertiary/aromatic N) is 3. The Balaban J connectivity index is 1.92. The molecule has 0 aromatic carbocycles. The molecule has 2 aromatic rings. The highest BCUT2D eigenvalue weighted by Crippen LogP contribution is 2.19. The molecule has 1 unspecified atom stereocenters. The first kappa shape index (κ1) is 12.6. The van der Waals surface area contributed by atoms with Gasteiger partial charge in [0.25, 0.3) is 0 Å². The summed E-state index contributed by atoms with van der Waals surface area (Å²) in [6.07, 6.45) is 5.16. The van der Waals surface area contributed by atoms with Crippen molar-refractivity contribution in [3.63, 3.8) is 0 Å². The molecule has 0 saturated carbocycles. The summed E-state index contributed by atoms with van der Waals surface area (Å²) in [6, 6.07) is 2.05. The van der Waals surface area contributed by atoms with E-state index in [4.69, 9.17) is 0 Å². The zero-order chi connectivity index (χ0) is 13.0. The van der Waals surface area contributed by atoms with Gasteiger partial charge in [-0.25, -0.2) is 9.78 Å². The van der Waals surface area contributed by atoms with Crippen LogP contribution in [0.25, 0.3) is 0 Å². The predicted molar refractivity (Wildman–Crippen MR) is 68.8 cm³/mol. The van der Waals surface area contributed by atoms with Gasteiger partial charge in [-0.1, -0.05) is 11.3 Å². The summed E-state index contributed by atoms with van der Waals surface area (Å²) in [5.41, 5.74) is 0. The van der Waals surface area contributed by atoms with Gasteiger partial charge in [0.15, 0.2) is 5.13 Å². The van der Waals surface area contributed by atoms with Gasteiger partial charge < -0.3 is 10.1 Å². The summed E-state index contributed by atoms with van der Waals surface area (Å²) < 4.78 is 6.47. The molecule has 0 aliphatic rings. The number of esters is 1. The second-order valence-electron chi connectivity index (χ2n) is 3.79. The molecule has 2 heterocycles. The summed E-state index contributed by atoms with van der Waals surface area (Å²) in [5.74, 6) is -0.361. The Bertz CT molecular complexity index is 509. The van der Waals surface area contributed by atoms with Gasteiger partial charge in [0.1, 0.15) is 4.88 Å². The second kappa shape index (κ2) is 5.63. The van der Waals surface area contributed by atoms with Gasteiger partial charge in [-0.2, -0.15) is 5.10 Å². The molecule has 96 valence electrons. The second-order valence-corrected chi connectivity index (χ2v) is 4.83. The summed E-state index contributed by atoms with van der Waals surface area (Å²) >= 11 is 1.28. The van der Waals surface area contributed by atoms with Crippen LogP contribution in [0.3, 0.4) is 0 Å². The first-order chi connectivity index (χ1) is 8.69. The van der Waals surface area contributed by atoms with E-state index in [1.165, 1.54) is 24.6 Å². The van der Waals surface area contributed by atoms with Crippen LogP contribution in [0.4, 0.5) is 5.13 Å². The SMILES string of the molecule is COC(=O)c1cnc(NC(C)Cn2cccn2)s1. The van der Waals surface area contributed by atoms with E-state index in [0.29, 0.717) is 10.0 Å². The number of thiazole rings is 1. The van der Waals surface area contributed by atoms with E-state index in [0.717, 1.165) is 6.54 Å². The van der Waals surface area contributed by atoms with Gasteiger partial charge in [0.2, 0.25) is 0 Å². The molecule has 0 spiro atoms. The first-order valence-electron chi connectivity index (χ1n) is 5.47. The predicted octanol–water partition coefficient (Wildman–Crippen LogP) is 1.63. The van der Waals surface area contributed by atoms with Crippen LogP contribution in [-0.4, -0.2) is 33.9 Å². The molecule has 1 atom stereocenters. The van der Waals surface area contributed by atoms with Crippen molar-refractivity contribution in [2.75, 3.05) is 12.4 Å². The third-order valence-corrected chi connectivity index (χ3v) is 3.19. The highest BCUT2D eigenvalue weighted by Gasteiger charge is 2.12. The zero-order valence-corrected chi connectivity index (χ0v) is 11.0. The lowest BCUT2D eigenvalue weighted by Crippen LogP contribution is -2.22. The Morgan fingerprint density at radius 2 is 2.50 bits per heavy atom. The van der Waals surface area contributed by atoms with Crippen molar-refractivity contribution in [2.45, 2.75) is 19.5 Å². The molecule has 2 rings (SSSR count). The van der Waals surface area contributed by atoms with Gasteiger partial charge >= 0.3 is 5.97 Å². The van der Waals surface area contributed by atoms with Crippen LogP contribution in [0, 0.1) is 0 Å². The summed E-state index contributed by atoms with van der Waals surface area (Å²) in [7, 11) is 1.36. The summed E-state index contributed by atoms with van der Waals surface area (Å²) in [5, 5.41) is 8.05. The monoisotopic (exact) mass is 266 g/mol. The molecule has 0 radical (unpaired) electrons. The molecule has 0 saturated heterocycles. The van der Waals surface area contributed by atoms with E-state index in [1.807, 2.05) is 23.9 Å². The number of carbonyl (C=O) groups excluding carboxylic acids is 1. The van der Waals surface area contributed by atoms with Crippen molar-refractivity contribution in [2.24, 2.45) is 0 Å². The molecule has 0 amide bonds. The van der Waals surface area contributed by atoms with Crippen molar-refractivity contribution in [1.82, 2.24) is 14.8 Å². The number of hydrogen-bond donors (Lipinski definition) is 1. The van der Waals surface area contributed by atoms with Crippen LogP contribution in [0.5, 0.6) is 0 Å². The Labute approximate surface area is 109 Å². The third kappa shape index (κ3) is 3.07. The lowest BCUT2D eigenvalue weighted by molar-refractivity contribution is 0.0606. The van der Waals surface area contributed by atoms with Gasteiger partial charge in [-0.05, 0) is 13.0 Å². The Kier molecular flexibility index (Phi) is 3.93. The van der Waals surface area contributed by atoms with E-state index >= 15 is 0 Å². The van der Waals surface area contributed by atoms with Gasteiger partial charge in [0.05, 0.1) is 19.9 Å². The van der Waals surface area contributed by atoms with Crippen LogP contribution in [0.15, 0.2) is 24.7 Å². The van der Waals surface area contributed by atoms with Crippen molar-refractivity contribution >= 4 is 22.4 Å². The average Bonchev–Trinajstić information content (AvgIpc) is 2.99. The lowest BCUT2D eigenvalue weighted by Gasteiger charge is -2.12. The van der Waals surface area contributed by atoms with E-state index in [1.54, 1.807) is 6.20 Å². The smallest absolute Gasteiger partial charge is 0.349 e. The van der Waals surface area contributed by atoms with E-state index in [2.05, 4.69) is 20.1 Å². The number of aromatic nitrogens is 3. The summed E-state index contributed by atoms with van der Waals surface area (Å²) in [4.78, 5) is 15.9. The minimum Gasteiger partial charge on any atom is -0.465 e. The molecule has 0 fully saturated rings. The fraction of sp³-hybridized carbons (Fsp3) is 0.364. The largest absolute Gasteiger partial charge is 0.465 e. The molecule has 0 aliphatic carbocycles. The molecular weight excluding hydrogens is 252 g/mol. The number of ether oxygens (including phenoxy) is 1. The number of hydrogen-bond acceptors (Lipinski definition) is 6. The van der Waals surface area contributed by atoms with Crippen LogP contribution in [-0.2, 0) is 11.3 Å². The van der Waals surface area contributed by atoms with Crippen molar-refractivity contribution < 1.29 is 9.53 Å². The van der Waals surface area contributed by atoms with Crippen LogP contribution in [0.1, 0.15) is 16.6 Å². The third-order valence-electron chi connectivity index (χ3n) is 2.28. The van der Waals surface area contributed by atoms with E-state index in [9.17, 15) is 4.79 Å². The lowest BCUT2D eigenvalue weighted by atomic mass is 10.3. The van der Waals surface area contributed by atoms with Gasteiger partial charge in [-0.3, -0.25) is 4.68 Å². The standard InChI is InChI=1S/C11H14N4O2S/c1-8(7-15-5-3-4-13-15)14-11-12-6-9(18-11)10(16)17-2/h3-6,8H,7H2,1-2H3,(H,12,14). The fourth-order valence-electron chi connectivity index (χ4n) is 1.48. The van der Waals surface area contributed by atoms with E-state index < -0.39 is 0 Å². The maximum Gasteiger partial charge on any atom is 0.349 e. The molecule has 7 heteroatoms. The van der Waals surface area contributed by atoms with Crippen molar-refractivity contribution in [3.8, 4) is 0 Å². The van der Waals surface area contributed by atoms with Gasteiger partial charge in [0, 0.05) is 18.4 Å². The van der Waals surface area contributed by atoms with Crippen molar-refractivity contribution in [1.29, 1.82) is 0 Å². The number of methoxy groups -OCH3 is 1. The number of rotatable bonds is 5. The van der Waals surface area contributed by atoms with Crippen LogP contribution < -0.4 is 5.32 Å². The molecule has 0 aliphatic heterocycles. The number of carbonyl (C=O) groups is 1. The molecule has 1 N–H and O–H groups in total. The maximum absolute atomic E-state index is 11.3. The number of anilines is 1. The highest BCUT2D eigenvalue weighted by atomic mass is 32.1. The van der Waals surface area contributed by atoms with E-state index in [-0.39, 0.29) is 12.0 Å². The molecule has 6 nitrogen and oxygen atoms in total. The Morgan fingerprint density at radius 3 is 3.17 bits per heavy atom.